The van der Waals surface area contributed by atoms with Gasteiger partial charge in [0.25, 0.3) is 11.6 Å². The maximum Gasteiger partial charge on any atom is 0.270 e. The SMILES string of the molecule is O=C(Nc1ncnc(Cl)c1Cl)c1cc([N+](=O)[O-])ccc1Cl. The van der Waals surface area contributed by atoms with Gasteiger partial charge in [-0.05, 0) is 6.07 Å². The van der Waals surface area contributed by atoms with E-state index in [1.807, 2.05) is 0 Å². The van der Waals surface area contributed by atoms with E-state index in [4.69, 9.17) is 34.8 Å². The molecule has 0 aliphatic heterocycles. The third kappa shape index (κ3) is 3.38. The third-order valence-electron chi connectivity index (χ3n) is 2.38. The minimum absolute atomic E-state index is 0.0239. The average Bonchev–Trinajstić information content (AvgIpc) is 2.44. The lowest BCUT2D eigenvalue weighted by Gasteiger charge is -2.07. The van der Waals surface area contributed by atoms with Crippen LogP contribution in [-0.4, -0.2) is 20.8 Å². The van der Waals surface area contributed by atoms with Crippen LogP contribution >= 0.6 is 34.8 Å². The van der Waals surface area contributed by atoms with E-state index < -0.39 is 10.8 Å². The highest BCUT2D eigenvalue weighted by Gasteiger charge is 2.18. The van der Waals surface area contributed by atoms with Gasteiger partial charge in [0.2, 0.25) is 0 Å². The number of amides is 1. The first-order chi connectivity index (χ1) is 9.90. The molecule has 2 aromatic rings. The molecule has 0 atom stereocenters. The number of nitro groups is 1. The van der Waals surface area contributed by atoms with Gasteiger partial charge in [0, 0.05) is 12.1 Å². The molecule has 21 heavy (non-hydrogen) atoms. The molecule has 0 saturated heterocycles. The number of nitrogens with zero attached hydrogens (tertiary/aromatic N) is 3. The summed E-state index contributed by atoms with van der Waals surface area (Å²) in [6.45, 7) is 0. The van der Waals surface area contributed by atoms with Gasteiger partial charge in [0.15, 0.2) is 11.0 Å². The molecule has 0 fully saturated rings. The van der Waals surface area contributed by atoms with Gasteiger partial charge >= 0.3 is 0 Å². The molecule has 0 bridgehead atoms. The quantitative estimate of drug-likeness (QED) is 0.519. The number of anilines is 1. The minimum Gasteiger partial charge on any atom is -0.305 e. The molecule has 0 aliphatic rings. The summed E-state index contributed by atoms with van der Waals surface area (Å²) in [6, 6.07) is 3.49. The zero-order valence-corrected chi connectivity index (χ0v) is 12.3. The Kier molecular flexibility index (Phi) is 4.56. The predicted molar refractivity (Wildman–Crippen MR) is 78.1 cm³/mol. The first kappa shape index (κ1) is 15.4. The Morgan fingerprint density at radius 3 is 2.62 bits per heavy atom. The van der Waals surface area contributed by atoms with Crippen molar-refractivity contribution in [2.24, 2.45) is 0 Å². The molecule has 1 heterocycles. The number of nitrogens with one attached hydrogen (secondary N) is 1. The first-order valence-corrected chi connectivity index (χ1v) is 6.45. The second kappa shape index (κ2) is 6.21. The van der Waals surface area contributed by atoms with Crippen LogP contribution in [-0.2, 0) is 0 Å². The van der Waals surface area contributed by atoms with E-state index in [1.165, 1.54) is 12.1 Å². The number of carbonyl (C=O) groups is 1. The molecule has 1 N–H and O–H groups in total. The van der Waals surface area contributed by atoms with Crippen molar-refractivity contribution in [1.82, 2.24) is 9.97 Å². The van der Waals surface area contributed by atoms with Crippen molar-refractivity contribution in [3.05, 3.63) is 55.4 Å². The largest absolute Gasteiger partial charge is 0.305 e. The van der Waals surface area contributed by atoms with Crippen molar-refractivity contribution in [3.8, 4) is 0 Å². The molecule has 0 radical (unpaired) electrons. The van der Waals surface area contributed by atoms with E-state index in [0.717, 1.165) is 12.4 Å². The fraction of sp³-hybridized carbons (Fsp3) is 0. The van der Waals surface area contributed by atoms with Crippen molar-refractivity contribution >= 4 is 52.2 Å². The maximum atomic E-state index is 12.1. The lowest BCUT2D eigenvalue weighted by atomic mass is 10.2. The van der Waals surface area contributed by atoms with Gasteiger partial charge < -0.3 is 5.32 Å². The van der Waals surface area contributed by atoms with E-state index in [1.54, 1.807) is 0 Å². The standard InChI is InChI=1S/C11H5Cl3N4O3/c12-7-2-1-5(18(20)21)3-6(7)11(19)17-10-8(13)9(14)15-4-16-10/h1-4H,(H,15,16,17,19). The Labute approximate surface area is 133 Å². The van der Waals surface area contributed by atoms with Crippen molar-refractivity contribution in [2.45, 2.75) is 0 Å². The zero-order chi connectivity index (χ0) is 15.6. The molecule has 1 aromatic carbocycles. The van der Waals surface area contributed by atoms with Crippen LogP contribution in [0.1, 0.15) is 10.4 Å². The monoisotopic (exact) mass is 346 g/mol. The summed E-state index contributed by atoms with van der Waals surface area (Å²) >= 11 is 17.4. The van der Waals surface area contributed by atoms with Crippen LogP contribution in [0.5, 0.6) is 0 Å². The number of hydrogen-bond acceptors (Lipinski definition) is 5. The predicted octanol–water partition coefficient (Wildman–Crippen LogP) is 3.60. The number of benzene rings is 1. The van der Waals surface area contributed by atoms with Crippen molar-refractivity contribution in [2.75, 3.05) is 5.32 Å². The maximum absolute atomic E-state index is 12.1. The van der Waals surface area contributed by atoms with Gasteiger partial charge in [-0.25, -0.2) is 9.97 Å². The van der Waals surface area contributed by atoms with E-state index in [-0.39, 0.29) is 32.3 Å². The van der Waals surface area contributed by atoms with Gasteiger partial charge in [-0.1, -0.05) is 34.8 Å². The molecule has 0 aliphatic carbocycles. The fourth-order valence-corrected chi connectivity index (χ4v) is 1.89. The number of aromatic nitrogens is 2. The smallest absolute Gasteiger partial charge is 0.270 e. The number of carbonyl (C=O) groups excluding carboxylic acids is 1. The lowest BCUT2D eigenvalue weighted by molar-refractivity contribution is -0.384. The first-order valence-electron chi connectivity index (χ1n) is 5.31. The third-order valence-corrected chi connectivity index (χ3v) is 3.46. The highest BCUT2D eigenvalue weighted by molar-refractivity contribution is 6.43. The summed E-state index contributed by atoms with van der Waals surface area (Å²) in [5, 5.41) is 13.0. The average molecular weight is 348 g/mol. The molecule has 10 heteroatoms. The Morgan fingerprint density at radius 1 is 1.24 bits per heavy atom. The van der Waals surface area contributed by atoms with Gasteiger partial charge in [0.1, 0.15) is 11.3 Å². The number of rotatable bonds is 3. The molecule has 2 rings (SSSR count). The highest BCUT2D eigenvalue weighted by Crippen LogP contribution is 2.27. The van der Waals surface area contributed by atoms with E-state index >= 15 is 0 Å². The Bertz CT molecular complexity index is 739. The summed E-state index contributed by atoms with van der Waals surface area (Å²) in [7, 11) is 0. The van der Waals surface area contributed by atoms with Gasteiger partial charge in [-0.3, -0.25) is 14.9 Å². The summed E-state index contributed by atoms with van der Waals surface area (Å²) in [6.07, 6.45) is 1.11. The van der Waals surface area contributed by atoms with E-state index in [2.05, 4.69) is 15.3 Å². The minimum atomic E-state index is -0.708. The topological polar surface area (TPSA) is 98.0 Å². The summed E-state index contributed by atoms with van der Waals surface area (Å²) < 4.78 is 0. The summed E-state index contributed by atoms with van der Waals surface area (Å²) in [5.41, 5.74) is -0.354. The molecular formula is C11H5Cl3N4O3. The van der Waals surface area contributed by atoms with E-state index in [9.17, 15) is 14.9 Å². The highest BCUT2D eigenvalue weighted by atomic mass is 35.5. The molecule has 0 unspecified atom stereocenters. The van der Waals surface area contributed by atoms with Crippen LogP contribution < -0.4 is 5.32 Å². The fourth-order valence-electron chi connectivity index (χ4n) is 1.41. The Morgan fingerprint density at radius 2 is 1.95 bits per heavy atom. The van der Waals surface area contributed by atoms with Gasteiger partial charge in [-0.2, -0.15) is 0 Å². The molecular weight excluding hydrogens is 343 g/mol. The molecule has 1 aromatic heterocycles. The van der Waals surface area contributed by atoms with Crippen LogP contribution in [0.15, 0.2) is 24.5 Å². The molecule has 108 valence electrons. The van der Waals surface area contributed by atoms with Gasteiger partial charge in [0.05, 0.1) is 15.5 Å². The number of non-ortho nitro benzene ring substituents is 1. The van der Waals surface area contributed by atoms with Crippen molar-refractivity contribution in [3.63, 3.8) is 0 Å². The second-order valence-electron chi connectivity index (χ2n) is 3.70. The second-order valence-corrected chi connectivity index (χ2v) is 4.85. The van der Waals surface area contributed by atoms with Crippen LogP contribution in [0.25, 0.3) is 0 Å². The zero-order valence-electron chi connectivity index (χ0n) is 10.0. The molecule has 7 nitrogen and oxygen atoms in total. The Hall–Kier alpha value is -1.96. The van der Waals surface area contributed by atoms with Crippen LogP contribution in [0, 0.1) is 10.1 Å². The number of nitro benzene ring substituents is 1. The summed E-state index contributed by atoms with van der Waals surface area (Å²) in [5.74, 6) is -0.732. The van der Waals surface area contributed by atoms with Gasteiger partial charge in [-0.15, -0.1) is 0 Å². The van der Waals surface area contributed by atoms with Crippen molar-refractivity contribution in [1.29, 1.82) is 0 Å². The molecule has 0 saturated carbocycles. The molecule has 1 amide bonds. The molecule has 0 spiro atoms. The van der Waals surface area contributed by atoms with E-state index in [0.29, 0.717) is 0 Å². The van der Waals surface area contributed by atoms with Crippen molar-refractivity contribution < 1.29 is 9.72 Å². The van der Waals surface area contributed by atoms with Crippen LogP contribution in [0.2, 0.25) is 15.2 Å². The number of hydrogen-bond donors (Lipinski definition) is 1. The lowest BCUT2D eigenvalue weighted by Crippen LogP contribution is -2.14. The number of halogens is 3. The van der Waals surface area contributed by atoms with Crippen LogP contribution in [0.3, 0.4) is 0 Å². The summed E-state index contributed by atoms with van der Waals surface area (Å²) in [4.78, 5) is 29.6. The Balaban J connectivity index is 2.34. The van der Waals surface area contributed by atoms with Crippen LogP contribution in [0.4, 0.5) is 11.5 Å². The normalized spacial score (nSPS) is 10.2.